The average Bonchev–Trinajstić information content (AvgIpc) is 3.26. The molecule has 5 rings (SSSR count). The van der Waals surface area contributed by atoms with Crippen molar-refractivity contribution in [2.45, 2.75) is 65.2 Å². The number of rotatable bonds is 10. The number of carbonyl (C=O) groups is 2. The van der Waals surface area contributed by atoms with Gasteiger partial charge in [0.1, 0.15) is 11.9 Å². The lowest BCUT2D eigenvalue weighted by atomic mass is 9.95. The number of benzene rings is 2. The van der Waals surface area contributed by atoms with Crippen molar-refractivity contribution in [3.63, 3.8) is 0 Å². The van der Waals surface area contributed by atoms with E-state index in [1.54, 1.807) is 27.2 Å². The molecule has 0 saturated heterocycles. The van der Waals surface area contributed by atoms with Gasteiger partial charge < -0.3 is 34.7 Å². The van der Waals surface area contributed by atoms with Crippen LogP contribution in [-0.2, 0) is 22.6 Å². The fourth-order valence-corrected chi connectivity index (χ4v) is 6.24. The van der Waals surface area contributed by atoms with Crippen molar-refractivity contribution in [3.05, 3.63) is 75.7 Å². The molecule has 0 spiro atoms. The summed E-state index contributed by atoms with van der Waals surface area (Å²) in [4.78, 5) is 43.9. The largest absolute Gasteiger partial charge is 0.493 e. The van der Waals surface area contributed by atoms with Crippen molar-refractivity contribution in [3.8, 4) is 28.4 Å². The number of hydrogen-bond acceptors (Lipinski definition) is 8. The maximum absolute atomic E-state index is 13.7. The Balaban J connectivity index is 1.48. The Kier molecular flexibility index (Phi) is 9.50. The normalized spacial score (nSPS) is 14.5. The molecule has 3 aromatic carbocycles. The SMILES string of the molecule is COc1cc2c(c(OC)c1OC)-c1ccc(N[C@@H](C)C(=O)NCc3nc4ccccc4n3C(C)C)c(=O)cc1[C@@H](NC(C)=O)CC2. The number of ether oxygens (including phenoxy) is 3. The van der Waals surface area contributed by atoms with Crippen LogP contribution in [0.2, 0.25) is 0 Å². The lowest BCUT2D eigenvalue weighted by molar-refractivity contribution is -0.122. The van der Waals surface area contributed by atoms with Gasteiger partial charge in [0.2, 0.25) is 23.0 Å². The van der Waals surface area contributed by atoms with Crippen LogP contribution in [0.1, 0.15) is 63.2 Å². The molecule has 0 saturated carbocycles. The molecule has 0 aliphatic heterocycles. The van der Waals surface area contributed by atoms with Gasteiger partial charge in [-0.15, -0.1) is 0 Å². The second-order valence-corrected chi connectivity index (χ2v) is 11.7. The Labute approximate surface area is 268 Å². The Morgan fingerprint density at radius 1 is 1.00 bits per heavy atom. The molecule has 46 heavy (non-hydrogen) atoms. The molecule has 2 atom stereocenters. The van der Waals surface area contributed by atoms with Gasteiger partial charge in [-0.05, 0) is 80.6 Å². The average molecular weight is 628 g/mol. The predicted molar refractivity (Wildman–Crippen MR) is 178 cm³/mol. The van der Waals surface area contributed by atoms with Crippen molar-refractivity contribution in [2.24, 2.45) is 0 Å². The summed E-state index contributed by atoms with van der Waals surface area (Å²) >= 11 is 0. The van der Waals surface area contributed by atoms with Gasteiger partial charge in [0, 0.05) is 18.5 Å². The number of imidazole rings is 1. The molecule has 1 heterocycles. The number of anilines is 1. The van der Waals surface area contributed by atoms with E-state index in [-0.39, 0.29) is 35.5 Å². The minimum absolute atomic E-state index is 0.156. The highest BCUT2D eigenvalue weighted by atomic mass is 16.5. The summed E-state index contributed by atoms with van der Waals surface area (Å²) in [6.07, 6.45) is 1.14. The van der Waals surface area contributed by atoms with Crippen molar-refractivity contribution in [1.29, 1.82) is 0 Å². The first-order chi connectivity index (χ1) is 22.1. The molecule has 2 amide bonds. The van der Waals surface area contributed by atoms with Crippen molar-refractivity contribution in [1.82, 2.24) is 20.2 Å². The molecule has 0 fully saturated rings. The van der Waals surface area contributed by atoms with Gasteiger partial charge in [-0.1, -0.05) is 18.2 Å². The fraction of sp³-hybridized carbons (Fsp3) is 0.371. The molecule has 1 aromatic heterocycles. The molecule has 3 N–H and O–H groups in total. The smallest absolute Gasteiger partial charge is 0.242 e. The van der Waals surface area contributed by atoms with Crippen LogP contribution in [0, 0.1) is 0 Å². The molecule has 0 unspecified atom stereocenters. The summed E-state index contributed by atoms with van der Waals surface area (Å²) < 4.78 is 19.2. The number of amides is 2. The van der Waals surface area contributed by atoms with Crippen LogP contribution in [0.25, 0.3) is 22.2 Å². The summed E-state index contributed by atoms with van der Waals surface area (Å²) in [7, 11) is 4.66. The Hall–Kier alpha value is -5.06. The molecule has 11 heteroatoms. The summed E-state index contributed by atoms with van der Waals surface area (Å²) in [6.45, 7) is 7.54. The van der Waals surface area contributed by atoms with Gasteiger partial charge in [-0.3, -0.25) is 14.4 Å². The topological polar surface area (TPSA) is 133 Å². The maximum atomic E-state index is 13.7. The quantitative estimate of drug-likeness (QED) is 0.226. The molecule has 1 aliphatic carbocycles. The molecule has 0 radical (unpaired) electrons. The summed E-state index contributed by atoms with van der Waals surface area (Å²) in [5.74, 6) is 1.67. The molecular formula is C35H41N5O6. The van der Waals surface area contributed by atoms with Crippen LogP contribution in [0.5, 0.6) is 17.2 Å². The molecule has 1 aliphatic rings. The number of carbonyl (C=O) groups excluding carboxylic acids is 2. The Morgan fingerprint density at radius 3 is 2.41 bits per heavy atom. The summed E-state index contributed by atoms with van der Waals surface area (Å²) in [5, 5.41) is 9.08. The van der Waals surface area contributed by atoms with Crippen molar-refractivity contribution < 1.29 is 23.8 Å². The first-order valence-electron chi connectivity index (χ1n) is 15.4. The zero-order valence-corrected chi connectivity index (χ0v) is 27.3. The van der Waals surface area contributed by atoms with E-state index in [1.807, 2.05) is 36.4 Å². The highest BCUT2D eigenvalue weighted by Gasteiger charge is 2.29. The number of hydrogen-bond donors (Lipinski definition) is 3. The van der Waals surface area contributed by atoms with Crippen molar-refractivity contribution in [2.75, 3.05) is 26.6 Å². The zero-order valence-electron chi connectivity index (χ0n) is 27.3. The van der Waals surface area contributed by atoms with Gasteiger partial charge in [0.05, 0.1) is 50.6 Å². The number of aromatic nitrogens is 2. The first kappa shape index (κ1) is 32.3. The molecule has 0 bridgehead atoms. The monoisotopic (exact) mass is 627 g/mol. The third-order valence-corrected chi connectivity index (χ3v) is 8.29. The van der Waals surface area contributed by atoms with Gasteiger partial charge in [-0.2, -0.15) is 0 Å². The number of nitrogens with zero attached hydrogens (tertiary/aromatic N) is 2. The van der Waals surface area contributed by atoms with E-state index in [2.05, 4.69) is 34.4 Å². The number of aryl methyl sites for hydroxylation is 1. The second kappa shape index (κ2) is 13.5. The first-order valence-corrected chi connectivity index (χ1v) is 15.4. The molecule has 242 valence electrons. The predicted octanol–water partition coefficient (Wildman–Crippen LogP) is 4.91. The highest BCUT2D eigenvalue weighted by molar-refractivity contribution is 5.86. The molecular weight excluding hydrogens is 586 g/mol. The summed E-state index contributed by atoms with van der Waals surface area (Å²) in [5.41, 5.74) is 4.83. The third kappa shape index (κ3) is 6.22. The number of para-hydroxylation sites is 2. The fourth-order valence-electron chi connectivity index (χ4n) is 6.24. The Bertz CT molecular complexity index is 1850. The van der Waals surface area contributed by atoms with Crippen LogP contribution in [-0.4, -0.2) is 48.7 Å². The minimum Gasteiger partial charge on any atom is -0.493 e. The number of nitrogens with one attached hydrogen (secondary N) is 3. The second-order valence-electron chi connectivity index (χ2n) is 11.7. The number of fused-ring (bicyclic) bond motifs is 4. The highest BCUT2D eigenvalue weighted by Crippen LogP contribution is 2.50. The van der Waals surface area contributed by atoms with Crippen molar-refractivity contribution >= 4 is 28.5 Å². The molecule has 4 aromatic rings. The zero-order chi connectivity index (χ0) is 33.1. The van der Waals surface area contributed by atoms with E-state index >= 15 is 0 Å². The van der Waals surface area contributed by atoms with Gasteiger partial charge in [0.15, 0.2) is 11.5 Å². The van der Waals surface area contributed by atoms with Gasteiger partial charge in [0.25, 0.3) is 0 Å². The van der Waals surface area contributed by atoms with E-state index < -0.39 is 12.1 Å². The minimum atomic E-state index is -0.732. The van der Waals surface area contributed by atoms with E-state index in [1.165, 1.54) is 20.1 Å². The van der Waals surface area contributed by atoms with Crippen LogP contribution in [0.15, 0.2) is 53.3 Å². The van der Waals surface area contributed by atoms with E-state index in [0.717, 1.165) is 28.0 Å². The summed E-state index contributed by atoms with van der Waals surface area (Å²) in [6, 6.07) is 13.8. The van der Waals surface area contributed by atoms with E-state index in [0.29, 0.717) is 41.2 Å². The van der Waals surface area contributed by atoms with E-state index in [4.69, 9.17) is 19.2 Å². The standard InChI is InChI=1S/C35H41N5O6/c1-19(2)40-28-11-9-8-10-26(28)39-31(40)18-36-35(43)20(3)37-27-15-13-23-24(17-29(27)42)25(38-21(4)41)14-12-22-16-30(44-5)33(45-6)34(46-7)32(22)23/h8-11,13,15-17,19-20,25H,12,14,18H2,1-7H3,(H,36,43)(H,37,42)(H,38,41)/t20-,25-/m0/s1. The van der Waals surface area contributed by atoms with Gasteiger partial charge in [-0.25, -0.2) is 4.98 Å². The lowest BCUT2D eigenvalue weighted by Gasteiger charge is -2.19. The lowest BCUT2D eigenvalue weighted by Crippen LogP contribution is -2.38. The van der Waals surface area contributed by atoms with Crippen LogP contribution in [0.4, 0.5) is 5.69 Å². The number of methoxy groups -OCH3 is 3. The van der Waals surface area contributed by atoms with Gasteiger partial charge >= 0.3 is 0 Å². The third-order valence-electron chi connectivity index (χ3n) is 8.29. The Morgan fingerprint density at radius 2 is 1.74 bits per heavy atom. The van der Waals surface area contributed by atoms with Crippen LogP contribution in [0.3, 0.4) is 0 Å². The van der Waals surface area contributed by atoms with Crippen LogP contribution < -0.4 is 35.6 Å². The van der Waals surface area contributed by atoms with E-state index in [9.17, 15) is 14.4 Å². The maximum Gasteiger partial charge on any atom is 0.242 e. The van der Waals surface area contributed by atoms with Crippen LogP contribution >= 0.6 is 0 Å². The molecule has 11 nitrogen and oxygen atoms in total.